The summed E-state index contributed by atoms with van der Waals surface area (Å²) in [4.78, 5) is 24.6. The minimum Gasteiger partial charge on any atom is -0.449 e. The lowest BCUT2D eigenvalue weighted by molar-refractivity contribution is -0.123. The Hall–Kier alpha value is -4.06. The highest BCUT2D eigenvalue weighted by Crippen LogP contribution is 2.15. The first kappa shape index (κ1) is 17.8. The first-order valence-electron chi connectivity index (χ1n) is 7.93. The standard InChI is InChI=1S/C18H14N6O3/c1-12(17(25)21-16-8-3-2-5-14(16)10-19)27-18(26)13-6-4-7-15(9-13)24-11-20-22-23-24/h2-9,11-12H,1H3,(H,21,25)/t12-/m1/s1. The third-order valence-corrected chi connectivity index (χ3v) is 3.65. The van der Waals surface area contributed by atoms with Crippen LogP contribution in [0.5, 0.6) is 0 Å². The van der Waals surface area contributed by atoms with E-state index in [1.54, 1.807) is 48.5 Å². The number of benzene rings is 2. The van der Waals surface area contributed by atoms with Gasteiger partial charge in [-0.1, -0.05) is 18.2 Å². The summed E-state index contributed by atoms with van der Waals surface area (Å²) in [6, 6.07) is 15.0. The summed E-state index contributed by atoms with van der Waals surface area (Å²) < 4.78 is 6.62. The average molecular weight is 362 g/mol. The van der Waals surface area contributed by atoms with Crippen LogP contribution >= 0.6 is 0 Å². The van der Waals surface area contributed by atoms with Crippen molar-refractivity contribution in [1.82, 2.24) is 20.2 Å². The highest BCUT2D eigenvalue weighted by Gasteiger charge is 2.20. The maximum atomic E-state index is 12.3. The fourth-order valence-electron chi connectivity index (χ4n) is 2.26. The van der Waals surface area contributed by atoms with Gasteiger partial charge in [-0.15, -0.1) is 5.10 Å². The van der Waals surface area contributed by atoms with E-state index in [1.165, 1.54) is 17.9 Å². The number of amides is 1. The molecule has 9 nitrogen and oxygen atoms in total. The minimum atomic E-state index is -1.05. The van der Waals surface area contributed by atoms with E-state index in [0.717, 1.165) is 0 Å². The number of para-hydroxylation sites is 1. The number of hydrogen-bond acceptors (Lipinski definition) is 7. The van der Waals surface area contributed by atoms with Gasteiger partial charge in [-0.05, 0) is 47.7 Å². The molecule has 27 heavy (non-hydrogen) atoms. The van der Waals surface area contributed by atoms with Gasteiger partial charge in [0.1, 0.15) is 12.4 Å². The Morgan fingerprint density at radius 1 is 1.22 bits per heavy atom. The number of ether oxygens (including phenoxy) is 1. The summed E-state index contributed by atoms with van der Waals surface area (Å²) in [5, 5.41) is 22.5. The number of nitrogens with one attached hydrogen (secondary N) is 1. The zero-order valence-electron chi connectivity index (χ0n) is 14.2. The van der Waals surface area contributed by atoms with Crippen molar-refractivity contribution < 1.29 is 14.3 Å². The third-order valence-electron chi connectivity index (χ3n) is 3.65. The molecule has 1 N–H and O–H groups in total. The Kier molecular flexibility index (Phi) is 5.18. The van der Waals surface area contributed by atoms with Gasteiger partial charge in [0.2, 0.25) is 0 Å². The largest absolute Gasteiger partial charge is 0.449 e. The van der Waals surface area contributed by atoms with Crippen LogP contribution in [-0.4, -0.2) is 38.2 Å². The third kappa shape index (κ3) is 4.13. The summed E-state index contributed by atoms with van der Waals surface area (Å²) in [6.45, 7) is 1.45. The van der Waals surface area contributed by atoms with Gasteiger partial charge in [0.05, 0.1) is 22.5 Å². The number of carbonyl (C=O) groups is 2. The van der Waals surface area contributed by atoms with Crippen molar-refractivity contribution in [3.63, 3.8) is 0 Å². The number of aromatic nitrogens is 4. The molecule has 3 aromatic rings. The van der Waals surface area contributed by atoms with Crippen LogP contribution < -0.4 is 5.32 Å². The normalized spacial score (nSPS) is 11.3. The topological polar surface area (TPSA) is 123 Å². The summed E-state index contributed by atoms with van der Waals surface area (Å²) in [7, 11) is 0. The van der Waals surface area contributed by atoms with E-state index in [4.69, 9.17) is 10.00 Å². The molecule has 1 aromatic heterocycles. The van der Waals surface area contributed by atoms with Crippen LogP contribution in [0.2, 0.25) is 0 Å². The molecule has 0 spiro atoms. The van der Waals surface area contributed by atoms with Crippen molar-refractivity contribution >= 4 is 17.6 Å². The van der Waals surface area contributed by atoms with Crippen LogP contribution in [0.1, 0.15) is 22.8 Å². The predicted octanol–water partition coefficient (Wildman–Crippen LogP) is 1.72. The lowest BCUT2D eigenvalue weighted by Gasteiger charge is -2.14. The van der Waals surface area contributed by atoms with Crippen molar-refractivity contribution in [2.24, 2.45) is 0 Å². The number of nitrogens with zero attached hydrogens (tertiary/aromatic N) is 5. The smallest absolute Gasteiger partial charge is 0.338 e. The second-order valence-electron chi connectivity index (χ2n) is 5.50. The number of nitriles is 1. The number of rotatable bonds is 5. The lowest BCUT2D eigenvalue weighted by atomic mass is 10.2. The van der Waals surface area contributed by atoms with Crippen LogP contribution in [0, 0.1) is 11.3 Å². The van der Waals surface area contributed by atoms with Gasteiger partial charge in [0.25, 0.3) is 5.91 Å². The number of hydrogen-bond donors (Lipinski definition) is 1. The molecule has 0 aliphatic rings. The summed E-state index contributed by atoms with van der Waals surface area (Å²) >= 11 is 0. The van der Waals surface area contributed by atoms with E-state index in [9.17, 15) is 9.59 Å². The molecule has 1 atom stereocenters. The van der Waals surface area contributed by atoms with Crippen LogP contribution in [0.4, 0.5) is 5.69 Å². The molecule has 134 valence electrons. The first-order valence-corrected chi connectivity index (χ1v) is 7.93. The molecule has 0 saturated heterocycles. The van der Waals surface area contributed by atoms with Gasteiger partial charge >= 0.3 is 5.97 Å². The maximum Gasteiger partial charge on any atom is 0.338 e. The van der Waals surface area contributed by atoms with Crippen molar-refractivity contribution in [3.05, 3.63) is 66.0 Å². The number of esters is 1. The van der Waals surface area contributed by atoms with E-state index in [2.05, 4.69) is 20.8 Å². The molecule has 0 fully saturated rings. The molecule has 0 aliphatic heterocycles. The molecule has 3 rings (SSSR count). The molecule has 1 amide bonds. The molecule has 0 radical (unpaired) electrons. The van der Waals surface area contributed by atoms with Crippen molar-refractivity contribution in [2.75, 3.05) is 5.32 Å². The van der Waals surface area contributed by atoms with Gasteiger partial charge in [-0.25, -0.2) is 9.48 Å². The number of anilines is 1. The highest BCUT2D eigenvalue weighted by molar-refractivity contribution is 5.98. The van der Waals surface area contributed by atoms with Crippen LogP contribution in [0.3, 0.4) is 0 Å². The van der Waals surface area contributed by atoms with Crippen molar-refractivity contribution in [1.29, 1.82) is 5.26 Å². The Bertz CT molecular complexity index is 1010. The Balaban J connectivity index is 1.68. The van der Waals surface area contributed by atoms with Gasteiger partial charge in [0, 0.05) is 0 Å². The number of tetrazole rings is 1. The molecule has 1 heterocycles. The molecule has 0 unspecified atom stereocenters. The maximum absolute atomic E-state index is 12.3. The van der Waals surface area contributed by atoms with E-state index in [-0.39, 0.29) is 5.56 Å². The van der Waals surface area contributed by atoms with Crippen LogP contribution in [-0.2, 0) is 9.53 Å². The average Bonchev–Trinajstić information content (AvgIpc) is 3.23. The molecular weight excluding hydrogens is 348 g/mol. The first-order chi connectivity index (χ1) is 13.1. The van der Waals surface area contributed by atoms with Crippen LogP contribution in [0.15, 0.2) is 54.9 Å². The zero-order chi connectivity index (χ0) is 19.2. The minimum absolute atomic E-state index is 0.250. The predicted molar refractivity (Wildman–Crippen MR) is 93.8 cm³/mol. The Labute approximate surface area is 154 Å². The fraction of sp³-hybridized carbons (Fsp3) is 0.111. The van der Waals surface area contributed by atoms with Crippen molar-refractivity contribution in [3.8, 4) is 11.8 Å². The van der Waals surface area contributed by atoms with E-state index in [1.807, 2.05) is 6.07 Å². The summed E-state index contributed by atoms with van der Waals surface area (Å²) in [6.07, 6.45) is 0.341. The van der Waals surface area contributed by atoms with Crippen LogP contribution in [0.25, 0.3) is 5.69 Å². The van der Waals surface area contributed by atoms with Gasteiger partial charge in [0.15, 0.2) is 6.10 Å². The monoisotopic (exact) mass is 362 g/mol. The molecular formula is C18H14N6O3. The quantitative estimate of drug-likeness (QED) is 0.685. The zero-order valence-corrected chi connectivity index (χ0v) is 14.2. The molecule has 0 saturated carbocycles. The van der Waals surface area contributed by atoms with E-state index >= 15 is 0 Å². The second kappa shape index (κ2) is 7.88. The Morgan fingerprint density at radius 3 is 2.78 bits per heavy atom. The Morgan fingerprint density at radius 2 is 2.04 bits per heavy atom. The van der Waals surface area contributed by atoms with E-state index in [0.29, 0.717) is 16.9 Å². The molecule has 9 heteroatoms. The number of carbonyl (C=O) groups excluding carboxylic acids is 2. The fourth-order valence-corrected chi connectivity index (χ4v) is 2.26. The SMILES string of the molecule is C[C@@H](OC(=O)c1cccc(-n2cnnn2)c1)C(=O)Nc1ccccc1C#N. The summed E-state index contributed by atoms with van der Waals surface area (Å²) in [5.41, 5.74) is 1.50. The molecule has 2 aromatic carbocycles. The summed E-state index contributed by atoms with van der Waals surface area (Å²) in [5.74, 6) is -1.20. The highest BCUT2D eigenvalue weighted by atomic mass is 16.5. The van der Waals surface area contributed by atoms with Gasteiger partial charge < -0.3 is 10.1 Å². The molecule has 0 aliphatic carbocycles. The van der Waals surface area contributed by atoms with E-state index < -0.39 is 18.0 Å². The van der Waals surface area contributed by atoms with Crippen molar-refractivity contribution in [2.45, 2.75) is 13.0 Å². The lowest BCUT2D eigenvalue weighted by Crippen LogP contribution is -2.30. The second-order valence-corrected chi connectivity index (χ2v) is 5.50. The van der Waals surface area contributed by atoms with Gasteiger partial charge in [-0.3, -0.25) is 4.79 Å². The van der Waals surface area contributed by atoms with Gasteiger partial charge in [-0.2, -0.15) is 5.26 Å². The molecule has 0 bridgehead atoms.